The van der Waals surface area contributed by atoms with Crippen LogP contribution in [0.4, 0.5) is 0 Å². The summed E-state index contributed by atoms with van der Waals surface area (Å²) in [6, 6.07) is 3.29. The van der Waals surface area contributed by atoms with Gasteiger partial charge in [0, 0.05) is 23.5 Å². The lowest BCUT2D eigenvalue weighted by atomic mass is 10.1. The van der Waals surface area contributed by atoms with Crippen molar-refractivity contribution >= 4 is 21.8 Å². The molecular weight excluding hydrogens is 338 g/mol. The molecule has 0 saturated heterocycles. The van der Waals surface area contributed by atoms with Gasteiger partial charge in [0.1, 0.15) is 5.75 Å². The van der Waals surface area contributed by atoms with Crippen molar-refractivity contribution in [2.75, 3.05) is 27.9 Å². The molecule has 2 rings (SSSR count). The summed E-state index contributed by atoms with van der Waals surface area (Å²) < 4.78 is 15.7. The summed E-state index contributed by atoms with van der Waals surface area (Å²) in [4.78, 5) is 12.7. The standard InChI is InChI=1S/C15H20BrNO4/c1-19-12-7-14(21-3)13(20-2)6-10(12)15(18)17-8-11(16)9-4-5-9/h6-7,9,11H,4-5,8H2,1-3H3,(H,17,18). The SMILES string of the molecule is COc1cc(OC)c(C(=O)NCC(Br)C2CC2)cc1OC. The van der Waals surface area contributed by atoms with E-state index in [0.29, 0.717) is 40.1 Å². The van der Waals surface area contributed by atoms with Gasteiger partial charge < -0.3 is 19.5 Å². The largest absolute Gasteiger partial charge is 0.496 e. The molecular formula is C15H20BrNO4. The number of amides is 1. The highest BCUT2D eigenvalue weighted by Crippen LogP contribution is 2.37. The van der Waals surface area contributed by atoms with Crippen LogP contribution in [0.3, 0.4) is 0 Å². The van der Waals surface area contributed by atoms with Gasteiger partial charge in [0.05, 0.1) is 26.9 Å². The van der Waals surface area contributed by atoms with Crippen LogP contribution in [0.2, 0.25) is 0 Å². The number of benzene rings is 1. The summed E-state index contributed by atoms with van der Waals surface area (Å²) in [6.07, 6.45) is 2.46. The van der Waals surface area contributed by atoms with Gasteiger partial charge >= 0.3 is 0 Å². The Kier molecular flexibility index (Phi) is 5.33. The van der Waals surface area contributed by atoms with Gasteiger partial charge in [-0.15, -0.1) is 0 Å². The van der Waals surface area contributed by atoms with E-state index in [1.807, 2.05) is 0 Å². The Morgan fingerprint density at radius 2 is 1.76 bits per heavy atom. The first-order chi connectivity index (χ1) is 10.1. The second kappa shape index (κ2) is 7.02. The molecule has 0 radical (unpaired) electrons. The minimum atomic E-state index is -0.182. The topological polar surface area (TPSA) is 56.8 Å². The van der Waals surface area contributed by atoms with Crippen LogP contribution in [0.15, 0.2) is 12.1 Å². The molecule has 0 bridgehead atoms. The molecule has 1 aliphatic rings. The highest BCUT2D eigenvalue weighted by molar-refractivity contribution is 9.09. The van der Waals surface area contributed by atoms with Crippen LogP contribution < -0.4 is 19.5 Å². The smallest absolute Gasteiger partial charge is 0.255 e. The third-order valence-corrected chi connectivity index (χ3v) is 4.61. The number of hydrogen-bond donors (Lipinski definition) is 1. The lowest BCUT2D eigenvalue weighted by Gasteiger charge is -2.15. The fourth-order valence-corrected chi connectivity index (χ4v) is 2.81. The summed E-state index contributed by atoms with van der Waals surface area (Å²) in [6.45, 7) is 0.598. The number of carbonyl (C=O) groups excluding carboxylic acids is 1. The lowest BCUT2D eigenvalue weighted by Crippen LogP contribution is -2.30. The predicted molar refractivity (Wildman–Crippen MR) is 83.9 cm³/mol. The number of alkyl halides is 1. The molecule has 1 aromatic carbocycles. The highest BCUT2D eigenvalue weighted by Gasteiger charge is 2.29. The number of halogens is 1. The van der Waals surface area contributed by atoms with E-state index in [1.165, 1.54) is 27.1 Å². The van der Waals surface area contributed by atoms with Gasteiger partial charge in [-0.2, -0.15) is 0 Å². The molecule has 0 aromatic heterocycles. The second-order valence-electron chi connectivity index (χ2n) is 4.97. The van der Waals surface area contributed by atoms with E-state index in [-0.39, 0.29) is 5.91 Å². The minimum Gasteiger partial charge on any atom is -0.496 e. The summed E-state index contributed by atoms with van der Waals surface area (Å²) in [5.74, 6) is 1.99. The molecule has 0 aliphatic heterocycles. The number of ether oxygens (including phenoxy) is 3. The molecule has 1 fully saturated rings. The van der Waals surface area contributed by atoms with Gasteiger partial charge in [0.25, 0.3) is 5.91 Å². The van der Waals surface area contributed by atoms with Crippen LogP contribution in [0.25, 0.3) is 0 Å². The monoisotopic (exact) mass is 357 g/mol. The maximum absolute atomic E-state index is 12.3. The van der Waals surface area contributed by atoms with Crippen molar-refractivity contribution in [3.05, 3.63) is 17.7 Å². The van der Waals surface area contributed by atoms with E-state index < -0.39 is 0 Å². The molecule has 0 spiro atoms. The Bertz CT molecular complexity index is 517. The number of methoxy groups -OCH3 is 3. The van der Waals surface area contributed by atoms with E-state index >= 15 is 0 Å². The van der Waals surface area contributed by atoms with E-state index in [2.05, 4.69) is 21.2 Å². The van der Waals surface area contributed by atoms with Crippen LogP contribution in [0.1, 0.15) is 23.2 Å². The Labute approximate surface area is 133 Å². The van der Waals surface area contributed by atoms with Crippen molar-refractivity contribution < 1.29 is 19.0 Å². The third-order valence-electron chi connectivity index (χ3n) is 3.54. The fourth-order valence-electron chi connectivity index (χ4n) is 2.12. The highest BCUT2D eigenvalue weighted by atomic mass is 79.9. The van der Waals surface area contributed by atoms with Crippen molar-refractivity contribution in [2.24, 2.45) is 5.92 Å². The van der Waals surface area contributed by atoms with Crippen molar-refractivity contribution in [2.45, 2.75) is 17.7 Å². The minimum absolute atomic E-state index is 0.182. The van der Waals surface area contributed by atoms with Crippen LogP contribution in [0.5, 0.6) is 17.2 Å². The molecule has 0 heterocycles. The molecule has 1 aromatic rings. The molecule has 5 nitrogen and oxygen atoms in total. The maximum atomic E-state index is 12.3. The number of carbonyl (C=O) groups is 1. The molecule has 1 atom stereocenters. The average molecular weight is 358 g/mol. The number of hydrogen-bond acceptors (Lipinski definition) is 4. The van der Waals surface area contributed by atoms with Gasteiger partial charge in [-0.25, -0.2) is 0 Å². The zero-order valence-corrected chi connectivity index (χ0v) is 14.0. The summed E-state index contributed by atoms with van der Waals surface area (Å²) in [7, 11) is 4.60. The lowest BCUT2D eigenvalue weighted by molar-refractivity contribution is 0.0950. The van der Waals surface area contributed by atoms with Crippen molar-refractivity contribution in [3.63, 3.8) is 0 Å². The van der Waals surface area contributed by atoms with E-state index in [0.717, 1.165) is 0 Å². The maximum Gasteiger partial charge on any atom is 0.255 e. The molecule has 1 unspecified atom stereocenters. The molecule has 1 aliphatic carbocycles. The predicted octanol–water partition coefficient (Wildman–Crippen LogP) is 2.62. The second-order valence-corrected chi connectivity index (χ2v) is 6.15. The molecule has 1 N–H and O–H groups in total. The van der Waals surface area contributed by atoms with Gasteiger partial charge in [-0.1, -0.05) is 15.9 Å². The Morgan fingerprint density at radius 3 is 2.29 bits per heavy atom. The zero-order chi connectivity index (χ0) is 15.4. The van der Waals surface area contributed by atoms with E-state index in [9.17, 15) is 4.79 Å². The first kappa shape index (κ1) is 15.9. The van der Waals surface area contributed by atoms with Crippen molar-refractivity contribution in [1.82, 2.24) is 5.32 Å². The normalized spacial score (nSPS) is 15.2. The average Bonchev–Trinajstić information content (AvgIpc) is 3.35. The van der Waals surface area contributed by atoms with Crippen LogP contribution in [-0.4, -0.2) is 38.6 Å². The fraction of sp³-hybridized carbons (Fsp3) is 0.533. The quantitative estimate of drug-likeness (QED) is 0.762. The third kappa shape index (κ3) is 3.81. The van der Waals surface area contributed by atoms with Crippen molar-refractivity contribution in [3.8, 4) is 17.2 Å². The van der Waals surface area contributed by atoms with E-state index in [1.54, 1.807) is 19.2 Å². The molecule has 21 heavy (non-hydrogen) atoms. The number of rotatable bonds is 7. The van der Waals surface area contributed by atoms with E-state index in [4.69, 9.17) is 14.2 Å². The van der Waals surface area contributed by atoms with Crippen LogP contribution in [-0.2, 0) is 0 Å². The summed E-state index contributed by atoms with van der Waals surface area (Å²) >= 11 is 3.60. The first-order valence-electron chi connectivity index (χ1n) is 6.83. The summed E-state index contributed by atoms with van der Waals surface area (Å²) in [5.41, 5.74) is 0.436. The Balaban J connectivity index is 2.14. The molecule has 116 valence electrons. The molecule has 1 amide bonds. The van der Waals surface area contributed by atoms with Gasteiger partial charge in [0.2, 0.25) is 0 Å². The van der Waals surface area contributed by atoms with Crippen LogP contribution in [0, 0.1) is 5.92 Å². The number of nitrogens with one attached hydrogen (secondary N) is 1. The van der Waals surface area contributed by atoms with Gasteiger partial charge in [0.15, 0.2) is 11.5 Å². The zero-order valence-electron chi connectivity index (χ0n) is 12.4. The van der Waals surface area contributed by atoms with Gasteiger partial charge in [-0.05, 0) is 18.8 Å². The van der Waals surface area contributed by atoms with Crippen molar-refractivity contribution in [1.29, 1.82) is 0 Å². The van der Waals surface area contributed by atoms with Crippen LogP contribution >= 0.6 is 15.9 Å². The summed E-state index contributed by atoms with van der Waals surface area (Å²) in [5, 5.41) is 2.92. The molecule has 1 saturated carbocycles. The Morgan fingerprint density at radius 1 is 1.19 bits per heavy atom. The Hall–Kier alpha value is -1.43. The molecule has 6 heteroatoms. The first-order valence-corrected chi connectivity index (χ1v) is 7.74. The van der Waals surface area contributed by atoms with Gasteiger partial charge in [-0.3, -0.25) is 4.79 Å².